The van der Waals surface area contributed by atoms with Gasteiger partial charge in [0.1, 0.15) is 5.78 Å². The molecule has 0 amide bonds. The van der Waals surface area contributed by atoms with Gasteiger partial charge in [-0.15, -0.1) is 0 Å². The summed E-state index contributed by atoms with van der Waals surface area (Å²) >= 11 is 0. The van der Waals surface area contributed by atoms with Crippen LogP contribution in [0.3, 0.4) is 0 Å². The van der Waals surface area contributed by atoms with Crippen molar-refractivity contribution < 1.29 is 4.79 Å². The predicted octanol–water partition coefficient (Wildman–Crippen LogP) is 2.93. The minimum absolute atomic E-state index is 0.176. The lowest BCUT2D eigenvalue weighted by Gasteiger charge is -2.14. The van der Waals surface area contributed by atoms with Crippen molar-refractivity contribution in [1.29, 1.82) is 0 Å². The smallest absolute Gasteiger partial charge is 0.141 e. The second-order valence-electron chi connectivity index (χ2n) is 4.65. The van der Waals surface area contributed by atoms with E-state index < -0.39 is 0 Å². The minimum Gasteiger partial charge on any atom is -0.329 e. The average Bonchev–Trinajstić information content (AvgIpc) is 2.48. The van der Waals surface area contributed by atoms with E-state index in [1.165, 1.54) is 5.56 Å². The van der Waals surface area contributed by atoms with Crippen molar-refractivity contribution in [2.45, 2.75) is 18.8 Å². The molecule has 2 rings (SSSR count). The third-order valence-corrected chi connectivity index (χ3v) is 3.33. The number of hydrogen-bond donors (Lipinski definition) is 1. The average molecular weight is 253 g/mol. The molecule has 1 unspecified atom stereocenters. The first-order chi connectivity index (χ1) is 9.31. The number of rotatable bonds is 6. The summed E-state index contributed by atoms with van der Waals surface area (Å²) in [7, 11) is 0. The lowest BCUT2D eigenvalue weighted by molar-refractivity contribution is -0.120. The van der Waals surface area contributed by atoms with Gasteiger partial charge in [-0.25, -0.2) is 0 Å². The van der Waals surface area contributed by atoms with E-state index in [4.69, 9.17) is 5.73 Å². The van der Waals surface area contributed by atoms with E-state index in [9.17, 15) is 4.79 Å². The van der Waals surface area contributed by atoms with E-state index >= 15 is 0 Å². The van der Waals surface area contributed by atoms with Gasteiger partial charge in [-0.3, -0.25) is 4.79 Å². The van der Waals surface area contributed by atoms with Crippen molar-refractivity contribution in [2.24, 2.45) is 5.73 Å². The summed E-state index contributed by atoms with van der Waals surface area (Å²) in [6, 6.07) is 19.9. The van der Waals surface area contributed by atoms with Crippen molar-refractivity contribution in [3.8, 4) is 0 Å². The maximum absolute atomic E-state index is 12.3. The molecule has 0 saturated heterocycles. The number of aryl methyl sites for hydroxylation is 1. The first-order valence-corrected chi connectivity index (χ1v) is 6.63. The summed E-state index contributed by atoms with van der Waals surface area (Å²) in [5.74, 6) is 0.0439. The van der Waals surface area contributed by atoms with Crippen LogP contribution in [0.2, 0.25) is 0 Å². The van der Waals surface area contributed by atoms with Crippen LogP contribution in [0.4, 0.5) is 0 Å². The Bertz CT molecular complexity index is 507. The Kier molecular flexibility index (Phi) is 4.87. The molecule has 2 nitrogen and oxygen atoms in total. The van der Waals surface area contributed by atoms with Crippen LogP contribution in [0.1, 0.15) is 23.5 Å². The zero-order valence-electron chi connectivity index (χ0n) is 11.0. The second-order valence-corrected chi connectivity index (χ2v) is 4.65. The van der Waals surface area contributed by atoms with Crippen molar-refractivity contribution in [3.63, 3.8) is 0 Å². The van der Waals surface area contributed by atoms with Gasteiger partial charge in [-0.05, 0) is 17.5 Å². The molecule has 2 heteroatoms. The summed E-state index contributed by atoms with van der Waals surface area (Å²) in [5, 5.41) is 0. The van der Waals surface area contributed by atoms with Crippen LogP contribution in [0.25, 0.3) is 0 Å². The van der Waals surface area contributed by atoms with E-state index in [2.05, 4.69) is 0 Å². The van der Waals surface area contributed by atoms with Gasteiger partial charge in [0.15, 0.2) is 0 Å². The van der Waals surface area contributed by atoms with Crippen molar-refractivity contribution in [1.82, 2.24) is 0 Å². The first kappa shape index (κ1) is 13.5. The van der Waals surface area contributed by atoms with Crippen LogP contribution in [0.5, 0.6) is 0 Å². The van der Waals surface area contributed by atoms with Gasteiger partial charge in [0, 0.05) is 13.0 Å². The highest BCUT2D eigenvalue weighted by Crippen LogP contribution is 2.18. The molecule has 0 fully saturated rings. The largest absolute Gasteiger partial charge is 0.329 e. The monoisotopic (exact) mass is 253 g/mol. The fourth-order valence-electron chi connectivity index (χ4n) is 2.23. The van der Waals surface area contributed by atoms with Gasteiger partial charge >= 0.3 is 0 Å². The van der Waals surface area contributed by atoms with Gasteiger partial charge in [-0.2, -0.15) is 0 Å². The molecular weight excluding hydrogens is 234 g/mol. The first-order valence-electron chi connectivity index (χ1n) is 6.63. The van der Waals surface area contributed by atoms with Crippen LogP contribution in [-0.2, 0) is 11.2 Å². The Morgan fingerprint density at radius 1 is 0.947 bits per heavy atom. The number of carbonyl (C=O) groups is 1. The highest BCUT2D eigenvalue weighted by Gasteiger charge is 2.18. The summed E-state index contributed by atoms with van der Waals surface area (Å²) < 4.78 is 0. The predicted molar refractivity (Wildman–Crippen MR) is 78.0 cm³/mol. The fourth-order valence-corrected chi connectivity index (χ4v) is 2.23. The molecule has 0 spiro atoms. The molecular formula is C17H19NO. The molecule has 0 aliphatic rings. The van der Waals surface area contributed by atoms with Gasteiger partial charge < -0.3 is 5.73 Å². The van der Waals surface area contributed by atoms with Gasteiger partial charge in [-0.1, -0.05) is 60.7 Å². The lowest BCUT2D eigenvalue weighted by Crippen LogP contribution is -2.22. The summed E-state index contributed by atoms with van der Waals surface area (Å²) in [6.07, 6.45) is 1.32. The van der Waals surface area contributed by atoms with Crippen LogP contribution >= 0.6 is 0 Å². The van der Waals surface area contributed by atoms with Crippen LogP contribution in [-0.4, -0.2) is 12.3 Å². The van der Waals surface area contributed by atoms with Crippen LogP contribution in [0.15, 0.2) is 60.7 Å². The van der Waals surface area contributed by atoms with E-state index in [1.807, 2.05) is 60.7 Å². The number of hydrogen-bond acceptors (Lipinski definition) is 2. The topological polar surface area (TPSA) is 43.1 Å². The number of ketones is 1. The Morgan fingerprint density at radius 3 is 2.11 bits per heavy atom. The minimum atomic E-state index is -0.176. The molecule has 0 aromatic heterocycles. The van der Waals surface area contributed by atoms with Crippen LogP contribution in [0, 0.1) is 0 Å². The van der Waals surface area contributed by atoms with Crippen LogP contribution < -0.4 is 5.73 Å². The zero-order chi connectivity index (χ0) is 13.5. The highest BCUT2D eigenvalue weighted by atomic mass is 16.1. The Morgan fingerprint density at radius 2 is 1.53 bits per heavy atom. The Balaban J connectivity index is 1.98. The van der Waals surface area contributed by atoms with Crippen molar-refractivity contribution in [2.75, 3.05) is 6.54 Å². The quantitative estimate of drug-likeness (QED) is 0.860. The van der Waals surface area contributed by atoms with Crippen molar-refractivity contribution in [3.05, 3.63) is 71.8 Å². The summed E-state index contributed by atoms with van der Waals surface area (Å²) in [5.41, 5.74) is 7.96. The zero-order valence-corrected chi connectivity index (χ0v) is 11.0. The molecule has 0 bridgehead atoms. The summed E-state index contributed by atoms with van der Waals surface area (Å²) in [4.78, 5) is 12.3. The molecule has 0 aliphatic carbocycles. The lowest BCUT2D eigenvalue weighted by atomic mass is 9.91. The third-order valence-electron chi connectivity index (χ3n) is 3.33. The molecule has 2 N–H and O–H groups in total. The normalized spacial score (nSPS) is 12.1. The van der Waals surface area contributed by atoms with E-state index in [0.29, 0.717) is 13.0 Å². The SMILES string of the molecule is NCC(C(=O)CCc1ccccc1)c1ccccc1. The second kappa shape index (κ2) is 6.86. The maximum atomic E-state index is 12.3. The molecule has 0 saturated carbocycles. The number of benzene rings is 2. The number of Topliss-reactive ketones (excluding diaryl/α,β-unsaturated/α-hetero) is 1. The van der Waals surface area contributed by atoms with Gasteiger partial charge in [0.25, 0.3) is 0 Å². The highest BCUT2D eigenvalue weighted by molar-refractivity contribution is 5.86. The maximum Gasteiger partial charge on any atom is 0.141 e. The fraction of sp³-hybridized carbons (Fsp3) is 0.235. The molecule has 0 radical (unpaired) electrons. The van der Waals surface area contributed by atoms with E-state index in [0.717, 1.165) is 12.0 Å². The Labute approximate surface area is 114 Å². The molecule has 0 aliphatic heterocycles. The Hall–Kier alpha value is -1.93. The van der Waals surface area contributed by atoms with E-state index in [1.54, 1.807) is 0 Å². The standard InChI is InChI=1S/C17H19NO/c18-13-16(15-9-5-2-6-10-15)17(19)12-11-14-7-3-1-4-8-14/h1-10,16H,11-13,18H2. The molecule has 98 valence electrons. The van der Waals surface area contributed by atoms with Crippen molar-refractivity contribution >= 4 is 5.78 Å². The molecule has 0 heterocycles. The number of carbonyl (C=O) groups excluding carboxylic acids is 1. The van der Waals surface area contributed by atoms with Gasteiger partial charge in [0.2, 0.25) is 0 Å². The molecule has 1 atom stereocenters. The molecule has 2 aromatic rings. The van der Waals surface area contributed by atoms with E-state index in [-0.39, 0.29) is 11.7 Å². The molecule has 2 aromatic carbocycles. The third kappa shape index (κ3) is 3.76. The number of nitrogens with two attached hydrogens (primary N) is 1. The summed E-state index contributed by atoms with van der Waals surface area (Å²) in [6.45, 7) is 0.373. The van der Waals surface area contributed by atoms with Gasteiger partial charge in [0.05, 0.1) is 5.92 Å². The molecule has 19 heavy (non-hydrogen) atoms.